The molecule has 0 aliphatic rings. The van der Waals surface area contributed by atoms with Crippen LogP contribution in [0.4, 0.5) is 0 Å². The molecule has 4 nitrogen and oxygen atoms in total. The van der Waals surface area contributed by atoms with Crippen molar-refractivity contribution in [2.75, 3.05) is 19.4 Å². The van der Waals surface area contributed by atoms with E-state index in [1.165, 1.54) is 0 Å². The number of aliphatic hydroxyl groups is 1. The Bertz CT molecular complexity index is 503. The standard InChI is InChI=1S/C15H19N3OS/c1-16-15(12-19,13-6-3-2-4-7-13)8-11-20-14-17-9-5-10-18-14/h2-7,9-10,16,19H,8,11-12H2,1H3. The summed E-state index contributed by atoms with van der Waals surface area (Å²) in [5.41, 5.74) is 0.683. The maximum atomic E-state index is 9.82. The van der Waals surface area contributed by atoms with Gasteiger partial charge in [0.1, 0.15) is 0 Å². The highest BCUT2D eigenvalue weighted by Crippen LogP contribution is 2.27. The molecule has 1 aromatic carbocycles. The van der Waals surface area contributed by atoms with Crippen LogP contribution in [-0.4, -0.2) is 34.5 Å². The fraction of sp³-hybridized carbons (Fsp3) is 0.333. The molecule has 2 rings (SSSR count). The number of hydrogen-bond donors (Lipinski definition) is 2. The van der Waals surface area contributed by atoms with Gasteiger partial charge in [0.15, 0.2) is 5.16 Å². The van der Waals surface area contributed by atoms with Gasteiger partial charge in [-0.2, -0.15) is 0 Å². The van der Waals surface area contributed by atoms with Gasteiger partial charge in [0.25, 0.3) is 0 Å². The second-order valence-electron chi connectivity index (χ2n) is 4.49. The van der Waals surface area contributed by atoms with Gasteiger partial charge in [-0.15, -0.1) is 0 Å². The number of aliphatic hydroxyl groups excluding tert-OH is 1. The van der Waals surface area contributed by atoms with E-state index in [0.29, 0.717) is 0 Å². The van der Waals surface area contributed by atoms with Gasteiger partial charge in [0.2, 0.25) is 0 Å². The third kappa shape index (κ3) is 3.56. The van der Waals surface area contributed by atoms with E-state index in [4.69, 9.17) is 0 Å². The van der Waals surface area contributed by atoms with Crippen molar-refractivity contribution in [1.82, 2.24) is 15.3 Å². The first kappa shape index (κ1) is 15.0. The number of nitrogens with zero attached hydrogens (tertiary/aromatic N) is 2. The van der Waals surface area contributed by atoms with E-state index in [0.717, 1.165) is 22.9 Å². The molecule has 0 aliphatic carbocycles. The van der Waals surface area contributed by atoms with Gasteiger partial charge >= 0.3 is 0 Å². The summed E-state index contributed by atoms with van der Waals surface area (Å²) >= 11 is 1.60. The highest BCUT2D eigenvalue weighted by Gasteiger charge is 2.29. The van der Waals surface area contributed by atoms with Gasteiger partial charge in [0.05, 0.1) is 12.1 Å². The third-order valence-corrected chi connectivity index (χ3v) is 4.25. The number of aromatic nitrogens is 2. The summed E-state index contributed by atoms with van der Waals surface area (Å²) in [6.07, 6.45) is 4.28. The molecule has 1 heterocycles. The summed E-state index contributed by atoms with van der Waals surface area (Å²) in [5, 5.41) is 13.9. The predicted octanol–water partition coefficient (Wildman–Crippen LogP) is 2.07. The summed E-state index contributed by atoms with van der Waals surface area (Å²) < 4.78 is 0. The zero-order chi connectivity index (χ0) is 14.3. The predicted molar refractivity (Wildman–Crippen MR) is 81.6 cm³/mol. The zero-order valence-electron chi connectivity index (χ0n) is 11.5. The van der Waals surface area contributed by atoms with E-state index in [1.54, 1.807) is 30.2 Å². The molecular weight excluding hydrogens is 270 g/mol. The van der Waals surface area contributed by atoms with E-state index in [1.807, 2.05) is 37.4 Å². The molecule has 5 heteroatoms. The van der Waals surface area contributed by atoms with Gasteiger partial charge < -0.3 is 10.4 Å². The largest absolute Gasteiger partial charge is 0.394 e. The number of hydrogen-bond acceptors (Lipinski definition) is 5. The summed E-state index contributed by atoms with van der Waals surface area (Å²) in [6.45, 7) is 0.0592. The molecular formula is C15H19N3OS. The minimum Gasteiger partial charge on any atom is -0.394 e. The third-order valence-electron chi connectivity index (χ3n) is 3.38. The normalized spacial score (nSPS) is 13.9. The Labute approximate surface area is 123 Å². The van der Waals surface area contributed by atoms with Crippen LogP contribution in [0.1, 0.15) is 12.0 Å². The van der Waals surface area contributed by atoms with E-state index in [2.05, 4.69) is 15.3 Å². The molecule has 0 fully saturated rings. The van der Waals surface area contributed by atoms with Crippen LogP contribution >= 0.6 is 11.8 Å². The van der Waals surface area contributed by atoms with Gasteiger partial charge in [-0.3, -0.25) is 0 Å². The maximum absolute atomic E-state index is 9.82. The van der Waals surface area contributed by atoms with Crippen LogP contribution < -0.4 is 5.32 Å². The van der Waals surface area contributed by atoms with Gasteiger partial charge in [-0.05, 0) is 25.1 Å². The van der Waals surface area contributed by atoms with Crippen molar-refractivity contribution in [1.29, 1.82) is 0 Å². The second kappa shape index (κ2) is 7.38. The van der Waals surface area contributed by atoms with Gasteiger partial charge in [0, 0.05) is 18.1 Å². The molecule has 0 spiro atoms. The Hall–Kier alpha value is -1.43. The van der Waals surface area contributed by atoms with Crippen molar-refractivity contribution in [3.8, 4) is 0 Å². The molecule has 1 unspecified atom stereocenters. The molecule has 0 saturated heterocycles. The Morgan fingerprint density at radius 3 is 2.45 bits per heavy atom. The molecule has 0 aliphatic heterocycles. The van der Waals surface area contributed by atoms with Gasteiger partial charge in [-0.25, -0.2) is 9.97 Å². The molecule has 0 radical (unpaired) electrons. The summed E-state index contributed by atoms with van der Waals surface area (Å²) in [4.78, 5) is 8.38. The van der Waals surface area contributed by atoms with E-state index >= 15 is 0 Å². The lowest BCUT2D eigenvalue weighted by Crippen LogP contribution is -2.44. The Kier molecular flexibility index (Phi) is 5.52. The molecule has 1 atom stereocenters. The summed E-state index contributed by atoms with van der Waals surface area (Å²) in [6, 6.07) is 11.8. The Balaban J connectivity index is 2.03. The average molecular weight is 289 g/mol. The number of likely N-dealkylation sites (N-methyl/N-ethyl adjacent to an activating group) is 1. The first-order chi connectivity index (χ1) is 9.80. The fourth-order valence-electron chi connectivity index (χ4n) is 2.10. The molecule has 0 bridgehead atoms. The zero-order valence-corrected chi connectivity index (χ0v) is 12.3. The number of benzene rings is 1. The van der Waals surface area contributed by atoms with Crippen LogP contribution in [0.5, 0.6) is 0 Å². The monoisotopic (exact) mass is 289 g/mol. The topological polar surface area (TPSA) is 58.0 Å². The summed E-state index contributed by atoms with van der Waals surface area (Å²) in [7, 11) is 1.88. The van der Waals surface area contributed by atoms with Crippen LogP contribution in [0.25, 0.3) is 0 Å². The lowest BCUT2D eigenvalue weighted by atomic mass is 9.88. The first-order valence-corrected chi connectivity index (χ1v) is 7.54. The van der Waals surface area contributed by atoms with Crippen LogP contribution in [0, 0.1) is 0 Å². The molecule has 1 aromatic heterocycles. The van der Waals surface area contributed by atoms with Crippen LogP contribution in [0.15, 0.2) is 53.9 Å². The van der Waals surface area contributed by atoms with Crippen molar-refractivity contribution in [3.05, 3.63) is 54.4 Å². The molecule has 106 valence electrons. The fourth-order valence-corrected chi connectivity index (χ4v) is 3.00. The quantitative estimate of drug-likeness (QED) is 0.603. The first-order valence-electron chi connectivity index (χ1n) is 6.56. The number of thioether (sulfide) groups is 1. The lowest BCUT2D eigenvalue weighted by molar-refractivity contribution is 0.165. The highest BCUT2D eigenvalue weighted by atomic mass is 32.2. The van der Waals surface area contributed by atoms with Crippen LogP contribution in [0.3, 0.4) is 0 Å². The Morgan fingerprint density at radius 1 is 1.15 bits per heavy atom. The highest BCUT2D eigenvalue weighted by molar-refractivity contribution is 7.99. The molecule has 20 heavy (non-hydrogen) atoms. The number of nitrogens with one attached hydrogen (secondary N) is 1. The van der Waals surface area contributed by atoms with Gasteiger partial charge in [-0.1, -0.05) is 42.1 Å². The SMILES string of the molecule is CNC(CO)(CCSc1ncccn1)c1ccccc1. The molecule has 2 aromatic rings. The molecule has 2 N–H and O–H groups in total. The van der Waals surface area contributed by atoms with Crippen molar-refractivity contribution in [3.63, 3.8) is 0 Å². The average Bonchev–Trinajstić information content (AvgIpc) is 2.54. The van der Waals surface area contributed by atoms with Crippen molar-refractivity contribution < 1.29 is 5.11 Å². The minimum atomic E-state index is -0.414. The van der Waals surface area contributed by atoms with E-state index in [9.17, 15) is 5.11 Å². The second-order valence-corrected chi connectivity index (χ2v) is 5.55. The molecule has 0 saturated carbocycles. The van der Waals surface area contributed by atoms with Crippen molar-refractivity contribution in [2.24, 2.45) is 0 Å². The van der Waals surface area contributed by atoms with Crippen LogP contribution in [-0.2, 0) is 5.54 Å². The number of rotatable bonds is 7. The van der Waals surface area contributed by atoms with Crippen LogP contribution in [0.2, 0.25) is 0 Å². The van der Waals surface area contributed by atoms with E-state index < -0.39 is 5.54 Å². The van der Waals surface area contributed by atoms with Crippen molar-refractivity contribution >= 4 is 11.8 Å². The maximum Gasteiger partial charge on any atom is 0.187 e. The minimum absolute atomic E-state index is 0.0592. The summed E-state index contributed by atoms with van der Waals surface area (Å²) in [5.74, 6) is 0.834. The van der Waals surface area contributed by atoms with Crippen molar-refractivity contribution in [2.45, 2.75) is 17.1 Å². The molecule has 0 amide bonds. The smallest absolute Gasteiger partial charge is 0.187 e. The Morgan fingerprint density at radius 2 is 1.85 bits per heavy atom. The van der Waals surface area contributed by atoms with E-state index in [-0.39, 0.29) is 6.61 Å². The lowest BCUT2D eigenvalue weighted by Gasteiger charge is -2.32.